The van der Waals surface area contributed by atoms with E-state index in [9.17, 15) is 4.79 Å². The second kappa shape index (κ2) is 5.75. The van der Waals surface area contributed by atoms with Crippen molar-refractivity contribution in [2.24, 2.45) is 0 Å². The number of carbonyl (C=O) groups excluding carboxylic acids is 1. The average molecular weight is 272 g/mol. The largest absolute Gasteiger partial charge is 0.494 e. The number of amides is 1. The normalized spacial score (nSPS) is 9.80. The molecular weight excluding hydrogens is 258 g/mol. The summed E-state index contributed by atoms with van der Waals surface area (Å²) in [7, 11) is 1.74. The van der Waals surface area contributed by atoms with Gasteiger partial charge in [-0.25, -0.2) is 0 Å². The van der Waals surface area contributed by atoms with Crippen LogP contribution in [0.15, 0.2) is 24.3 Å². The van der Waals surface area contributed by atoms with Crippen LogP contribution in [0, 0.1) is 0 Å². The molecule has 0 saturated heterocycles. The van der Waals surface area contributed by atoms with E-state index in [0.29, 0.717) is 13.2 Å². The van der Waals surface area contributed by atoms with Gasteiger partial charge in [0.25, 0.3) is 4.82 Å². The monoisotopic (exact) mass is 271 g/mol. The molecule has 0 aliphatic heterocycles. The molecule has 82 valence electrons. The smallest absolute Gasteiger partial charge is 0.289 e. The average Bonchev–Trinajstić information content (AvgIpc) is 2.21. The van der Waals surface area contributed by atoms with E-state index in [1.54, 1.807) is 11.9 Å². The van der Waals surface area contributed by atoms with Crippen molar-refractivity contribution in [3.8, 4) is 5.75 Å². The van der Waals surface area contributed by atoms with Gasteiger partial charge in [-0.3, -0.25) is 4.79 Å². The van der Waals surface area contributed by atoms with Crippen molar-refractivity contribution >= 4 is 20.7 Å². The van der Waals surface area contributed by atoms with Crippen LogP contribution in [0.25, 0.3) is 0 Å². The molecule has 0 saturated carbocycles. The van der Waals surface area contributed by atoms with Crippen LogP contribution in [0.2, 0.25) is 0 Å². The molecule has 0 bridgehead atoms. The number of hydrogen-bond acceptors (Lipinski definition) is 2. The first-order chi connectivity index (χ1) is 7.13. The van der Waals surface area contributed by atoms with E-state index in [0.717, 1.165) is 11.3 Å². The number of hydrogen-bond donors (Lipinski definition) is 0. The maximum absolute atomic E-state index is 10.9. The minimum atomic E-state index is -0.114. The van der Waals surface area contributed by atoms with Crippen LogP contribution in [-0.2, 0) is 6.54 Å². The van der Waals surface area contributed by atoms with Crippen LogP contribution in [0.5, 0.6) is 5.75 Å². The quantitative estimate of drug-likeness (QED) is 0.622. The zero-order valence-corrected chi connectivity index (χ0v) is 10.5. The van der Waals surface area contributed by atoms with Gasteiger partial charge in [0.15, 0.2) is 0 Å². The summed E-state index contributed by atoms with van der Waals surface area (Å²) in [4.78, 5) is 12.4. The standard InChI is InChI=1S/C11H14BrNO2/c1-3-15-10-6-4-9(5-7-10)8-13(2)11(12)14/h4-7H,3,8H2,1-2H3. The van der Waals surface area contributed by atoms with Crippen molar-refractivity contribution < 1.29 is 9.53 Å². The van der Waals surface area contributed by atoms with Crippen molar-refractivity contribution in [3.05, 3.63) is 29.8 Å². The Morgan fingerprint density at radius 2 is 2.00 bits per heavy atom. The molecule has 1 amide bonds. The molecule has 1 rings (SSSR count). The molecule has 1 aromatic rings. The van der Waals surface area contributed by atoms with Gasteiger partial charge < -0.3 is 9.64 Å². The Labute approximate surface area is 98.2 Å². The molecule has 0 fully saturated rings. The number of halogens is 1. The second-order valence-electron chi connectivity index (χ2n) is 3.19. The third kappa shape index (κ3) is 3.91. The third-order valence-corrected chi connectivity index (χ3v) is 2.56. The Balaban J connectivity index is 2.60. The first kappa shape index (κ1) is 12.0. The lowest BCUT2D eigenvalue weighted by atomic mass is 10.2. The Morgan fingerprint density at radius 1 is 1.40 bits per heavy atom. The summed E-state index contributed by atoms with van der Waals surface area (Å²) in [6.45, 7) is 3.21. The van der Waals surface area contributed by atoms with E-state index in [2.05, 4.69) is 15.9 Å². The fourth-order valence-corrected chi connectivity index (χ4v) is 1.32. The van der Waals surface area contributed by atoms with E-state index in [1.807, 2.05) is 31.2 Å². The molecule has 0 heterocycles. The molecule has 0 N–H and O–H groups in total. The molecule has 3 nitrogen and oxygen atoms in total. The van der Waals surface area contributed by atoms with E-state index in [4.69, 9.17) is 4.74 Å². The molecule has 15 heavy (non-hydrogen) atoms. The summed E-state index contributed by atoms with van der Waals surface area (Å²) < 4.78 is 5.32. The SMILES string of the molecule is CCOc1ccc(CN(C)C(=O)Br)cc1. The first-order valence-corrected chi connectivity index (χ1v) is 5.55. The van der Waals surface area contributed by atoms with Crippen LogP contribution >= 0.6 is 15.9 Å². The molecule has 1 aromatic carbocycles. The van der Waals surface area contributed by atoms with Crippen molar-refractivity contribution in [1.82, 2.24) is 4.90 Å². The zero-order chi connectivity index (χ0) is 11.3. The van der Waals surface area contributed by atoms with Gasteiger partial charge in [0, 0.05) is 29.5 Å². The minimum Gasteiger partial charge on any atom is -0.494 e. The van der Waals surface area contributed by atoms with Gasteiger partial charge in [0.05, 0.1) is 6.61 Å². The van der Waals surface area contributed by atoms with Crippen LogP contribution in [0.1, 0.15) is 12.5 Å². The topological polar surface area (TPSA) is 29.5 Å². The predicted octanol–water partition coefficient (Wildman–Crippen LogP) is 3.03. The van der Waals surface area contributed by atoms with Gasteiger partial charge in [0.2, 0.25) is 0 Å². The lowest BCUT2D eigenvalue weighted by Crippen LogP contribution is -2.19. The number of ether oxygens (including phenoxy) is 1. The molecule has 0 unspecified atom stereocenters. The second-order valence-corrected chi connectivity index (χ2v) is 3.86. The highest BCUT2D eigenvalue weighted by molar-refractivity contribution is 9.18. The molecule has 0 spiro atoms. The van der Waals surface area contributed by atoms with Gasteiger partial charge in [-0.15, -0.1) is 0 Å². The Kier molecular flexibility index (Phi) is 4.62. The molecule has 0 aromatic heterocycles. The molecule has 4 heteroatoms. The van der Waals surface area contributed by atoms with Crippen molar-refractivity contribution in [2.45, 2.75) is 13.5 Å². The molecular formula is C11H14BrNO2. The summed E-state index contributed by atoms with van der Waals surface area (Å²) in [5.41, 5.74) is 1.08. The molecule has 0 radical (unpaired) electrons. The van der Waals surface area contributed by atoms with Gasteiger partial charge >= 0.3 is 0 Å². The number of carbonyl (C=O) groups is 1. The van der Waals surface area contributed by atoms with E-state index in [1.165, 1.54) is 0 Å². The van der Waals surface area contributed by atoms with Gasteiger partial charge in [-0.05, 0) is 24.6 Å². The highest BCUT2D eigenvalue weighted by atomic mass is 79.9. The number of benzene rings is 1. The lowest BCUT2D eigenvalue weighted by Gasteiger charge is -2.13. The highest BCUT2D eigenvalue weighted by Gasteiger charge is 2.04. The zero-order valence-electron chi connectivity index (χ0n) is 8.87. The maximum Gasteiger partial charge on any atom is 0.289 e. The van der Waals surface area contributed by atoms with Gasteiger partial charge in [-0.1, -0.05) is 12.1 Å². The van der Waals surface area contributed by atoms with Gasteiger partial charge in [0.1, 0.15) is 5.75 Å². The number of rotatable bonds is 4. The van der Waals surface area contributed by atoms with Crippen LogP contribution < -0.4 is 4.74 Å². The van der Waals surface area contributed by atoms with E-state index >= 15 is 0 Å². The summed E-state index contributed by atoms with van der Waals surface area (Å²) in [6.07, 6.45) is 0. The first-order valence-electron chi connectivity index (χ1n) is 4.75. The molecule has 0 atom stereocenters. The summed E-state index contributed by atoms with van der Waals surface area (Å²) in [5.74, 6) is 0.856. The minimum absolute atomic E-state index is 0.114. The summed E-state index contributed by atoms with van der Waals surface area (Å²) >= 11 is 2.90. The molecule has 0 aliphatic carbocycles. The summed E-state index contributed by atoms with van der Waals surface area (Å²) in [5, 5.41) is 0. The summed E-state index contributed by atoms with van der Waals surface area (Å²) in [6, 6.07) is 7.73. The van der Waals surface area contributed by atoms with E-state index in [-0.39, 0.29) is 4.82 Å². The Morgan fingerprint density at radius 3 is 2.47 bits per heavy atom. The van der Waals surface area contributed by atoms with E-state index < -0.39 is 0 Å². The predicted molar refractivity (Wildman–Crippen MR) is 63.4 cm³/mol. The highest BCUT2D eigenvalue weighted by Crippen LogP contribution is 2.13. The van der Waals surface area contributed by atoms with Crippen molar-refractivity contribution in [1.29, 1.82) is 0 Å². The third-order valence-electron chi connectivity index (χ3n) is 1.95. The number of nitrogens with zero attached hydrogens (tertiary/aromatic N) is 1. The van der Waals surface area contributed by atoms with Gasteiger partial charge in [-0.2, -0.15) is 0 Å². The Bertz CT molecular complexity index is 324. The maximum atomic E-state index is 10.9. The van der Waals surface area contributed by atoms with Crippen LogP contribution in [-0.4, -0.2) is 23.4 Å². The van der Waals surface area contributed by atoms with Crippen LogP contribution in [0.4, 0.5) is 4.79 Å². The van der Waals surface area contributed by atoms with Crippen molar-refractivity contribution in [2.75, 3.05) is 13.7 Å². The molecule has 0 aliphatic rings. The van der Waals surface area contributed by atoms with Crippen LogP contribution in [0.3, 0.4) is 0 Å². The lowest BCUT2D eigenvalue weighted by molar-refractivity contribution is 0.233. The van der Waals surface area contributed by atoms with Crippen molar-refractivity contribution in [3.63, 3.8) is 0 Å². The fraction of sp³-hybridized carbons (Fsp3) is 0.364. The Hall–Kier alpha value is -1.03. The fourth-order valence-electron chi connectivity index (χ4n) is 1.19.